The molecule has 0 aliphatic rings. The second-order valence-corrected chi connectivity index (χ2v) is 13.9. The van der Waals surface area contributed by atoms with Gasteiger partial charge in [0.2, 0.25) is 0 Å². The molecule has 0 amide bonds. The lowest BCUT2D eigenvalue weighted by molar-refractivity contribution is 1.13. The average molecular weight is 717 g/mol. The van der Waals surface area contributed by atoms with Gasteiger partial charge in [-0.1, -0.05) is 78.9 Å². The van der Waals surface area contributed by atoms with Crippen LogP contribution in [0.25, 0.3) is 99.9 Å². The molecule has 0 saturated heterocycles. The SMILES string of the molecule is c1ccc(-c2ccccc2-c2ccc3c(c2)c2ncccc2n3-c2cccc(-n3c4ccc(-c5ccccc5-c5cccnc5)cc4c4ncccc43)c2)nc1. The number of pyridine rings is 4. The van der Waals surface area contributed by atoms with E-state index in [1.807, 2.05) is 61.3 Å². The van der Waals surface area contributed by atoms with Crippen molar-refractivity contribution in [3.8, 4) is 56.0 Å². The molecule has 0 radical (unpaired) electrons. The van der Waals surface area contributed by atoms with Gasteiger partial charge < -0.3 is 9.13 Å². The summed E-state index contributed by atoms with van der Waals surface area (Å²) in [5, 5.41) is 2.20. The topological polar surface area (TPSA) is 61.4 Å². The maximum Gasteiger partial charge on any atom is 0.0963 e. The minimum atomic E-state index is 0.951. The molecule has 0 N–H and O–H groups in total. The van der Waals surface area contributed by atoms with E-state index in [0.717, 1.165) is 99.9 Å². The zero-order chi connectivity index (χ0) is 37.0. The summed E-state index contributed by atoms with van der Waals surface area (Å²) in [5.74, 6) is 0. The van der Waals surface area contributed by atoms with Crippen LogP contribution in [0.3, 0.4) is 0 Å². The minimum Gasteiger partial charge on any atom is -0.308 e. The molecule has 0 atom stereocenters. The van der Waals surface area contributed by atoms with Crippen molar-refractivity contribution < 1.29 is 0 Å². The molecule has 262 valence electrons. The first-order valence-electron chi connectivity index (χ1n) is 18.7. The van der Waals surface area contributed by atoms with Gasteiger partial charge in [0.05, 0.1) is 38.8 Å². The Kier molecular flexibility index (Phi) is 7.38. The highest BCUT2D eigenvalue weighted by molar-refractivity contribution is 6.10. The van der Waals surface area contributed by atoms with Gasteiger partial charge in [0.1, 0.15) is 0 Å². The summed E-state index contributed by atoms with van der Waals surface area (Å²) in [6, 6.07) is 57.7. The van der Waals surface area contributed by atoms with Crippen molar-refractivity contribution in [2.75, 3.05) is 0 Å². The lowest BCUT2D eigenvalue weighted by Crippen LogP contribution is -1.98. The van der Waals surface area contributed by atoms with Crippen LogP contribution in [-0.4, -0.2) is 29.1 Å². The normalized spacial score (nSPS) is 11.6. The Labute approximate surface area is 322 Å². The summed E-state index contributed by atoms with van der Waals surface area (Å²) in [6.45, 7) is 0. The molecule has 0 bridgehead atoms. The summed E-state index contributed by atoms with van der Waals surface area (Å²) >= 11 is 0. The third-order valence-corrected chi connectivity index (χ3v) is 10.8. The number of hydrogen-bond acceptors (Lipinski definition) is 4. The number of fused-ring (bicyclic) bond motifs is 6. The molecule has 6 aromatic heterocycles. The van der Waals surface area contributed by atoms with Crippen LogP contribution < -0.4 is 0 Å². The molecule has 0 aliphatic carbocycles. The van der Waals surface area contributed by atoms with E-state index in [2.05, 4.69) is 153 Å². The molecular weight excluding hydrogens is 685 g/mol. The molecule has 11 rings (SSSR count). The predicted molar refractivity (Wildman–Crippen MR) is 228 cm³/mol. The molecule has 6 heterocycles. The molecule has 56 heavy (non-hydrogen) atoms. The largest absolute Gasteiger partial charge is 0.308 e. The van der Waals surface area contributed by atoms with Crippen LogP contribution >= 0.6 is 0 Å². The summed E-state index contributed by atoms with van der Waals surface area (Å²) in [7, 11) is 0. The van der Waals surface area contributed by atoms with Gasteiger partial charge >= 0.3 is 0 Å². The fraction of sp³-hybridized carbons (Fsp3) is 0. The lowest BCUT2D eigenvalue weighted by Gasteiger charge is -2.13. The van der Waals surface area contributed by atoms with Crippen LogP contribution in [0.15, 0.2) is 195 Å². The zero-order valence-electron chi connectivity index (χ0n) is 30.2. The first-order chi connectivity index (χ1) is 27.8. The summed E-state index contributed by atoms with van der Waals surface area (Å²) in [5.41, 5.74) is 17.2. The Bertz CT molecular complexity index is 3040. The van der Waals surface area contributed by atoms with E-state index in [-0.39, 0.29) is 0 Å². The van der Waals surface area contributed by atoms with Gasteiger partial charge in [-0.05, 0) is 113 Å². The van der Waals surface area contributed by atoms with Crippen LogP contribution in [0.1, 0.15) is 0 Å². The van der Waals surface area contributed by atoms with E-state index in [1.165, 1.54) is 0 Å². The van der Waals surface area contributed by atoms with Crippen LogP contribution in [0, 0.1) is 0 Å². The fourth-order valence-electron chi connectivity index (χ4n) is 8.32. The third-order valence-electron chi connectivity index (χ3n) is 10.8. The average Bonchev–Trinajstić information content (AvgIpc) is 3.79. The van der Waals surface area contributed by atoms with E-state index in [9.17, 15) is 0 Å². The first-order valence-corrected chi connectivity index (χ1v) is 18.7. The van der Waals surface area contributed by atoms with Crippen LogP contribution in [-0.2, 0) is 0 Å². The van der Waals surface area contributed by atoms with Gasteiger partial charge in [-0.15, -0.1) is 0 Å². The number of rotatable bonds is 6. The van der Waals surface area contributed by atoms with Gasteiger partial charge in [-0.25, -0.2) is 0 Å². The fourth-order valence-corrected chi connectivity index (χ4v) is 8.32. The number of nitrogens with zero attached hydrogens (tertiary/aromatic N) is 6. The van der Waals surface area contributed by atoms with Crippen molar-refractivity contribution in [1.82, 2.24) is 29.1 Å². The first kappa shape index (κ1) is 31.8. The highest BCUT2D eigenvalue weighted by atomic mass is 15.0. The van der Waals surface area contributed by atoms with Crippen molar-refractivity contribution in [2.45, 2.75) is 0 Å². The number of aromatic nitrogens is 6. The Morgan fingerprint density at radius 3 is 1.45 bits per heavy atom. The van der Waals surface area contributed by atoms with Crippen molar-refractivity contribution in [3.63, 3.8) is 0 Å². The molecule has 0 unspecified atom stereocenters. The van der Waals surface area contributed by atoms with Gasteiger partial charge in [-0.3, -0.25) is 19.9 Å². The van der Waals surface area contributed by atoms with Gasteiger partial charge in [0, 0.05) is 64.3 Å². The van der Waals surface area contributed by atoms with Crippen LogP contribution in [0.4, 0.5) is 0 Å². The zero-order valence-corrected chi connectivity index (χ0v) is 30.2. The van der Waals surface area contributed by atoms with Crippen molar-refractivity contribution in [2.24, 2.45) is 0 Å². The molecule has 6 heteroatoms. The quantitative estimate of drug-likeness (QED) is 0.172. The molecule has 0 fully saturated rings. The molecule has 6 nitrogen and oxygen atoms in total. The predicted octanol–water partition coefficient (Wildman–Crippen LogP) is 12.1. The summed E-state index contributed by atoms with van der Waals surface area (Å²) < 4.78 is 4.66. The van der Waals surface area contributed by atoms with E-state index < -0.39 is 0 Å². The monoisotopic (exact) mass is 716 g/mol. The van der Waals surface area contributed by atoms with Crippen LogP contribution in [0.2, 0.25) is 0 Å². The number of benzene rings is 5. The second-order valence-electron chi connectivity index (χ2n) is 13.9. The van der Waals surface area contributed by atoms with Crippen molar-refractivity contribution >= 4 is 43.9 Å². The third kappa shape index (κ3) is 5.11. The highest BCUT2D eigenvalue weighted by Gasteiger charge is 2.19. The smallest absolute Gasteiger partial charge is 0.0963 e. The Morgan fingerprint density at radius 1 is 0.339 bits per heavy atom. The van der Waals surface area contributed by atoms with Crippen LogP contribution in [0.5, 0.6) is 0 Å². The highest BCUT2D eigenvalue weighted by Crippen LogP contribution is 2.40. The Balaban J connectivity index is 1.06. The second kappa shape index (κ2) is 13.0. The molecule has 5 aromatic carbocycles. The maximum atomic E-state index is 4.94. The number of hydrogen-bond donors (Lipinski definition) is 0. The molecule has 0 aliphatic heterocycles. The molecular formula is C50H32N6. The molecule has 11 aromatic rings. The lowest BCUT2D eigenvalue weighted by atomic mass is 9.95. The maximum absolute atomic E-state index is 4.94. The van der Waals surface area contributed by atoms with E-state index in [4.69, 9.17) is 9.97 Å². The minimum absolute atomic E-state index is 0.951. The van der Waals surface area contributed by atoms with Gasteiger partial charge in [0.25, 0.3) is 0 Å². The summed E-state index contributed by atoms with van der Waals surface area (Å²) in [4.78, 5) is 18.9. The summed E-state index contributed by atoms with van der Waals surface area (Å²) in [6.07, 6.45) is 9.34. The van der Waals surface area contributed by atoms with Gasteiger partial charge in [0.15, 0.2) is 0 Å². The van der Waals surface area contributed by atoms with Gasteiger partial charge in [-0.2, -0.15) is 0 Å². The standard InChI is InChI=1S/C50H32N6/c1-2-16-40(35-11-8-25-51-32-35)38(14-1)33-21-23-45-42(29-33)49-47(19-9-27-53-49)55(45)36-12-7-13-37(31-36)56-46-24-22-34(30-43(46)50-48(56)20-10-28-54-50)39-15-3-4-17-41(39)44-18-5-6-26-52-44/h1-32H. The van der Waals surface area contributed by atoms with E-state index >= 15 is 0 Å². The Morgan fingerprint density at radius 2 is 0.875 bits per heavy atom. The van der Waals surface area contributed by atoms with E-state index in [1.54, 1.807) is 0 Å². The Hall–Kier alpha value is -7.70. The molecule has 0 spiro atoms. The van der Waals surface area contributed by atoms with Crippen molar-refractivity contribution in [3.05, 3.63) is 195 Å². The molecule has 0 saturated carbocycles. The van der Waals surface area contributed by atoms with Crippen molar-refractivity contribution in [1.29, 1.82) is 0 Å². The van der Waals surface area contributed by atoms with E-state index in [0.29, 0.717) is 0 Å².